The molecule has 1 aliphatic heterocycles. The van der Waals surface area contributed by atoms with Gasteiger partial charge >= 0.3 is 0 Å². The molecule has 1 aromatic carbocycles. The molecule has 0 aliphatic carbocycles. The lowest BCUT2D eigenvalue weighted by atomic mass is 9.76. The molecule has 19 heavy (non-hydrogen) atoms. The van der Waals surface area contributed by atoms with E-state index in [1.165, 1.54) is 0 Å². The van der Waals surface area contributed by atoms with Gasteiger partial charge in [-0.2, -0.15) is 0 Å². The van der Waals surface area contributed by atoms with Crippen molar-refractivity contribution in [1.29, 1.82) is 0 Å². The molecule has 2 atom stereocenters. The Balaban J connectivity index is 2.21. The van der Waals surface area contributed by atoms with Crippen LogP contribution in [-0.4, -0.2) is 36.2 Å². The molecular weight excluding hydrogens is 240 g/mol. The van der Waals surface area contributed by atoms with Gasteiger partial charge in [0.2, 0.25) is 6.41 Å². The van der Waals surface area contributed by atoms with Gasteiger partial charge in [-0.1, -0.05) is 37.3 Å². The van der Waals surface area contributed by atoms with Crippen molar-refractivity contribution in [3.05, 3.63) is 35.9 Å². The Bertz CT molecular complexity index is 402. The summed E-state index contributed by atoms with van der Waals surface area (Å²) >= 11 is 0. The van der Waals surface area contributed by atoms with E-state index in [2.05, 4.69) is 17.6 Å². The van der Waals surface area contributed by atoms with Crippen molar-refractivity contribution in [2.24, 2.45) is 0 Å². The fraction of sp³-hybridized carbons (Fsp3) is 0.533. The molecule has 1 saturated heterocycles. The maximum Gasteiger partial charge on any atom is 0.207 e. The highest BCUT2D eigenvalue weighted by Crippen LogP contribution is 2.31. The molecule has 0 radical (unpaired) electrons. The lowest BCUT2D eigenvalue weighted by molar-refractivity contribution is -0.113. The number of nitrogens with one attached hydrogen (secondary N) is 2. The minimum Gasteiger partial charge on any atom is -0.388 e. The molecule has 0 bridgehead atoms. The molecule has 1 aliphatic rings. The van der Waals surface area contributed by atoms with Crippen LogP contribution in [0.4, 0.5) is 0 Å². The van der Waals surface area contributed by atoms with E-state index in [4.69, 9.17) is 0 Å². The summed E-state index contributed by atoms with van der Waals surface area (Å²) in [6.07, 6.45) is 2.02. The molecule has 0 aromatic heterocycles. The van der Waals surface area contributed by atoms with Crippen LogP contribution < -0.4 is 10.6 Å². The van der Waals surface area contributed by atoms with Crippen molar-refractivity contribution in [2.45, 2.75) is 37.3 Å². The normalized spacial score (nSPS) is 21.4. The van der Waals surface area contributed by atoms with Gasteiger partial charge in [-0.25, -0.2) is 0 Å². The minimum atomic E-state index is -0.832. The van der Waals surface area contributed by atoms with Gasteiger partial charge in [0.25, 0.3) is 0 Å². The quantitative estimate of drug-likeness (QED) is 0.694. The summed E-state index contributed by atoms with van der Waals surface area (Å²) in [7, 11) is 0. The average molecular weight is 262 g/mol. The first-order chi connectivity index (χ1) is 9.17. The second kappa shape index (κ2) is 6.17. The van der Waals surface area contributed by atoms with Gasteiger partial charge in [0, 0.05) is 5.92 Å². The van der Waals surface area contributed by atoms with Crippen molar-refractivity contribution < 1.29 is 9.90 Å². The first-order valence-electron chi connectivity index (χ1n) is 6.85. The van der Waals surface area contributed by atoms with E-state index in [9.17, 15) is 9.90 Å². The van der Waals surface area contributed by atoms with E-state index in [0.29, 0.717) is 19.3 Å². The van der Waals surface area contributed by atoms with Gasteiger partial charge in [0.1, 0.15) is 0 Å². The Hall–Kier alpha value is -1.39. The Morgan fingerprint density at radius 2 is 1.95 bits per heavy atom. The van der Waals surface area contributed by atoms with Crippen molar-refractivity contribution in [1.82, 2.24) is 10.6 Å². The predicted molar refractivity (Wildman–Crippen MR) is 74.9 cm³/mol. The third kappa shape index (κ3) is 3.14. The molecule has 1 aromatic rings. The number of amides is 1. The number of hydrogen-bond acceptors (Lipinski definition) is 3. The Labute approximate surface area is 114 Å². The van der Waals surface area contributed by atoms with Crippen molar-refractivity contribution >= 4 is 6.41 Å². The summed E-state index contributed by atoms with van der Waals surface area (Å²) in [6.45, 7) is 3.63. The summed E-state index contributed by atoms with van der Waals surface area (Å²) in [5.74, 6) is 0.0782. The van der Waals surface area contributed by atoms with E-state index < -0.39 is 5.60 Å². The molecule has 1 heterocycles. The number of aliphatic hydroxyl groups is 1. The van der Waals surface area contributed by atoms with E-state index in [-0.39, 0.29) is 12.0 Å². The maximum absolute atomic E-state index is 10.9. The molecule has 0 spiro atoms. The summed E-state index contributed by atoms with van der Waals surface area (Å²) in [5, 5.41) is 16.9. The highest BCUT2D eigenvalue weighted by atomic mass is 16.3. The van der Waals surface area contributed by atoms with Gasteiger partial charge in [-0.15, -0.1) is 0 Å². The van der Waals surface area contributed by atoms with Crippen LogP contribution in [0.1, 0.15) is 31.2 Å². The fourth-order valence-corrected chi connectivity index (χ4v) is 2.96. The number of benzene rings is 1. The zero-order valence-corrected chi connectivity index (χ0v) is 11.3. The number of piperidine rings is 1. The van der Waals surface area contributed by atoms with Crippen LogP contribution in [0.5, 0.6) is 0 Å². The van der Waals surface area contributed by atoms with Crippen LogP contribution >= 0.6 is 0 Å². The summed E-state index contributed by atoms with van der Waals surface area (Å²) in [4.78, 5) is 10.9. The highest BCUT2D eigenvalue weighted by molar-refractivity contribution is 5.48. The molecule has 2 unspecified atom stereocenters. The summed E-state index contributed by atoms with van der Waals surface area (Å²) < 4.78 is 0. The van der Waals surface area contributed by atoms with Gasteiger partial charge in [0.05, 0.1) is 11.6 Å². The number of hydrogen-bond donors (Lipinski definition) is 3. The molecule has 104 valence electrons. The molecule has 1 amide bonds. The Morgan fingerprint density at radius 1 is 1.32 bits per heavy atom. The topological polar surface area (TPSA) is 61.4 Å². The van der Waals surface area contributed by atoms with Crippen LogP contribution in [-0.2, 0) is 4.79 Å². The highest BCUT2D eigenvalue weighted by Gasteiger charge is 2.40. The monoisotopic (exact) mass is 262 g/mol. The van der Waals surface area contributed by atoms with Crippen LogP contribution in [0, 0.1) is 0 Å². The lowest BCUT2D eigenvalue weighted by Gasteiger charge is -2.42. The number of rotatable bonds is 5. The summed E-state index contributed by atoms with van der Waals surface area (Å²) in [6, 6.07) is 9.75. The van der Waals surface area contributed by atoms with Gasteiger partial charge in [-0.05, 0) is 31.5 Å². The molecule has 4 heteroatoms. The van der Waals surface area contributed by atoms with Gasteiger partial charge in [0.15, 0.2) is 0 Å². The van der Waals surface area contributed by atoms with Crippen LogP contribution in [0.25, 0.3) is 0 Å². The van der Waals surface area contributed by atoms with E-state index >= 15 is 0 Å². The zero-order chi connectivity index (χ0) is 13.7. The summed E-state index contributed by atoms with van der Waals surface area (Å²) in [5.41, 5.74) is 0.301. The Kier molecular flexibility index (Phi) is 4.56. The SMILES string of the molecule is CC(c1ccccc1)C(NC=O)C1(O)CCNCC1. The third-order valence-electron chi connectivity index (χ3n) is 4.12. The van der Waals surface area contributed by atoms with E-state index in [1.54, 1.807) is 0 Å². The molecular formula is C15H22N2O2. The third-order valence-corrected chi connectivity index (χ3v) is 4.12. The smallest absolute Gasteiger partial charge is 0.207 e. The largest absolute Gasteiger partial charge is 0.388 e. The molecule has 2 rings (SSSR count). The zero-order valence-electron chi connectivity index (χ0n) is 11.3. The first-order valence-corrected chi connectivity index (χ1v) is 6.85. The lowest BCUT2D eigenvalue weighted by Crippen LogP contribution is -2.57. The number of carbonyl (C=O) groups excluding carboxylic acids is 1. The van der Waals surface area contributed by atoms with Crippen molar-refractivity contribution in [3.8, 4) is 0 Å². The minimum absolute atomic E-state index is 0.0782. The van der Waals surface area contributed by atoms with Crippen molar-refractivity contribution in [3.63, 3.8) is 0 Å². The fourth-order valence-electron chi connectivity index (χ4n) is 2.96. The first kappa shape index (κ1) is 14.0. The van der Waals surface area contributed by atoms with Gasteiger partial charge < -0.3 is 15.7 Å². The standard InChI is InChI=1S/C15H22N2O2/c1-12(13-5-3-2-4-6-13)14(17-11-18)15(19)7-9-16-10-8-15/h2-6,11-12,14,16,19H,7-10H2,1H3,(H,17,18). The van der Waals surface area contributed by atoms with Gasteiger partial charge in [-0.3, -0.25) is 4.79 Å². The molecule has 1 fully saturated rings. The van der Waals surface area contributed by atoms with Crippen molar-refractivity contribution in [2.75, 3.05) is 13.1 Å². The van der Waals surface area contributed by atoms with Crippen LogP contribution in [0.15, 0.2) is 30.3 Å². The average Bonchev–Trinajstić information content (AvgIpc) is 2.45. The molecule has 4 nitrogen and oxygen atoms in total. The van der Waals surface area contributed by atoms with E-state index in [1.807, 2.05) is 30.3 Å². The molecule has 0 saturated carbocycles. The predicted octanol–water partition coefficient (Wildman–Crippen LogP) is 1.02. The van der Waals surface area contributed by atoms with Crippen LogP contribution in [0.2, 0.25) is 0 Å². The second-order valence-electron chi connectivity index (χ2n) is 5.32. The second-order valence-corrected chi connectivity index (χ2v) is 5.32. The van der Waals surface area contributed by atoms with Crippen LogP contribution in [0.3, 0.4) is 0 Å². The van der Waals surface area contributed by atoms with E-state index in [0.717, 1.165) is 18.7 Å². The maximum atomic E-state index is 10.9. The Morgan fingerprint density at radius 3 is 2.53 bits per heavy atom. The number of carbonyl (C=O) groups is 1. The molecule has 3 N–H and O–H groups in total.